The van der Waals surface area contributed by atoms with Gasteiger partial charge in [-0.2, -0.15) is 0 Å². The number of aryl methyl sites for hydroxylation is 1. The lowest BCUT2D eigenvalue weighted by molar-refractivity contribution is 0.414. The molecule has 0 aromatic heterocycles. The maximum Gasteiger partial charge on any atom is 0.185 e. The van der Waals surface area contributed by atoms with Crippen LogP contribution in [0.4, 0.5) is 0 Å². The fourth-order valence-corrected chi connectivity index (χ4v) is 5.54. The summed E-state index contributed by atoms with van der Waals surface area (Å²) in [5.41, 5.74) is 3.22. The molecule has 4 nitrogen and oxygen atoms in total. The van der Waals surface area contributed by atoms with Gasteiger partial charge in [0.1, 0.15) is 17.3 Å². The third kappa shape index (κ3) is 4.95. The van der Waals surface area contributed by atoms with Gasteiger partial charge in [-0.1, -0.05) is 61.9 Å². The Morgan fingerprint density at radius 3 is 1.88 bits per heavy atom. The molecule has 0 spiro atoms. The molecule has 176 valence electrons. The molecule has 0 heterocycles. The summed E-state index contributed by atoms with van der Waals surface area (Å²) in [6.07, 6.45) is 5.68. The fourth-order valence-electron chi connectivity index (χ4n) is 4.04. The fraction of sp³-hybridized carbons (Fsp3) is 0.241. The summed E-state index contributed by atoms with van der Waals surface area (Å²) in [4.78, 5) is 0.348. The zero-order valence-corrected chi connectivity index (χ0v) is 20.8. The van der Waals surface area contributed by atoms with Gasteiger partial charge in [-0.05, 0) is 73.0 Å². The standard InChI is InChI=1S/C29H30O4S/c1-21-5-17-27(18-6-21)34(30,31)28-19-15-26(16-20-28)33-25-13-9-23(10-14-25)29(2,3)22-7-11-24(32-4)12-8-22/h5-19,28H,20H2,1-4H3. The van der Waals surface area contributed by atoms with Gasteiger partial charge >= 0.3 is 0 Å². The van der Waals surface area contributed by atoms with Crippen molar-refractivity contribution in [3.63, 3.8) is 0 Å². The van der Waals surface area contributed by atoms with E-state index in [9.17, 15) is 8.42 Å². The van der Waals surface area contributed by atoms with Crippen molar-refractivity contribution in [2.75, 3.05) is 7.11 Å². The number of ether oxygens (including phenoxy) is 2. The van der Waals surface area contributed by atoms with Crippen molar-refractivity contribution in [2.45, 2.75) is 42.8 Å². The molecule has 0 radical (unpaired) electrons. The normalized spacial score (nSPS) is 16.1. The predicted molar refractivity (Wildman–Crippen MR) is 136 cm³/mol. The van der Waals surface area contributed by atoms with Crippen molar-refractivity contribution in [3.05, 3.63) is 113 Å². The summed E-state index contributed by atoms with van der Waals surface area (Å²) in [7, 11) is -1.76. The first kappa shape index (κ1) is 23.8. The molecular formula is C29H30O4S. The van der Waals surface area contributed by atoms with E-state index < -0.39 is 15.1 Å². The molecule has 0 N–H and O–H groups in total. The highest BCUT2D eigenvalue weighted by atomic mass is 32.2. The Bertz CT molecular complexity index is 1300. The third-order valence-electron chi connectivity index (χ3n) is 6.40. The van der Waals surface area contributed by atoms with Crippen LogP contribution in [0.5, 0.6) is 11.5 Å². The molecule has 0 amide bonds. The highest BCUT2D eigenvalue weighted by Crippen LogP contribution is 2.34. The second-order valence-electron chi connectivity index (χ2n) is 9.08. The van der Waals surface area contributed by atoms with E-state index in [2.05, 4.69) is 38.1 Å². The van der Waals surface area contributed by atoms with Gasteiger partial charge in [0.05, 0.1) is 17.3 Å². The molecular weight excluding hydrogens is 444 g/mol. The number of methoxy groups -OCH3 is 1. The zero-order chi connectivity index (χ0) is 24.3. The van der Waals surface area contributed by atoms with Crippen molar-refractivity contribution >= 4 is 9.84 Å². The van der Waals surface area contributed by atoms with Crippen LogP contribution in [-0.2, 0) is 15.3 Å². The molecule has 1 aliphatic carbocycles. The predicted octanol–water partition coefficient (Wildman–Crippen LogP) is 6.39. The SMILES string of the molecule is COc1ccc(C(C)(C)c2ccc(OC3=CCC(S(=O)(=O)c4ccc(C)cc4)C=C3)cc2)cc1. The van der Waals surface area contributed by atoms with E-state index in [-0.39, 0.29) is 5.41 Å². The lowest BCUT2D eigenvalue weighted by Crippen LogP contribution is -2.21. The van der Waals surface area contributed by atoms with Gasteiger partial charge in [0.25, 0.3) is 0 Å². The average molecular weight is 475 g/mol. The minimum absolute atomic E-state index is 0.174. The van der Waals surface area contributed by atoms with E-state index in [1.54, 1.807) is 31.4 Å². The van der Waals surface area contributed by atoms with Crippen molar-refractivity contribution < 1.29 is 17.9 Å². The van der Waals surface area contributed by atoms with Crippen LogP contribution in [0.15, 0.2) is 102 Å². The second-order valence-corrected chi connectivity index (χ2v) is 11.2. The van der Waals surface area contributed by atoms with E-state index in [0.717, 1.165) is 11.3 Å². The molecule has 0 fully saturated rings. The summed E-state index contributed by atoms with van der Waals surface area (Å²) in [5.74, 6) is 2.20. The topological polar surface area (TPSA) is 52.6 Å². The van der Waals surface area contributed by atoms with E-state index in [1.807, 2.05) is 49.4 Å². The van der Waals surface area contributed by atoms with Crippen LogP contribution in [0.25, 0.3) is 0 Å². The summed E-state index contributed by atoms with van der Waals surface area (Å²) in [6, 6.07) is 23.1. The first-order valence-electron chi connectivity index (χ1n) is 11.3. The summed E-state index contributed by atoms with van der Waals surface area (Å²) in [6.45, 7) is 6.31. The van der Waals surface area contributed by atoms with Gasteiger partial charge < -0.3 is 9.47 Å². The summed E-state index contributed by atoms with van der Waals surface area (Å²) in [5, 5.41) is -0.588. The summed E-state index contributed by atoms with van der Waals surface area (Å²) >= 11 is 0. The van der Waals surface area contributed by atoms with Crippen LogP contribution in [0.1, 0.15) is 37.0 Å². The van der Waals surface area contributed by atoms with Crippen LogP contribution in [0.2, 0.25) is 0 Å². The molecule has 1 atom stereocenters. The molecule has 0 saturated heterocycles. The van der Waals surface area contributed by atoms with Crippen molar-refractivity contribution in [2.24, 2.45) is 0 Å². The number of benzene rings is 3. The minimum Gasteiger partial charge on any atom is -0.497 e. The Kier molecular flexibility index (Phi) is 6.67. The van der Waals surface area contributed by atoms with Gasteiger partial charge in [0.15, 0.2) is 9.84 Å². The second kappa shape index (κ2) is 9.51. The Hall–Kier alpha value is -3.31. The molecule has 0 aliphatic heterocycles. The molecule has 3 aromatic rings. The number of hydrogen-bond donors (Lipinski definition) is 0. The van der Waals surface area contributed by atoms with E-state index in [4.69, 9.17) is 9.47 Å². The van der Waals surface area contributed by atoms with Crippen molar-refractivity contribution in [1.29, 1.82) is 0 Å². The molecule has 3 aromatic carbocycles. The molecule has 0 bridgehead atoms. The van der Waals surface area contributed by atoms with Gasteiger partial charge in [-0.15, -0.1) is 0 Å². The van der Waals surface area contributed by atoms with Crippen molar-refractivity contribution in [1.82, 2.24) is 0 Å². The average Bonchev–Trinajstić information content (AvgIpc) is 2.85. The van der Waals surface area contributed by atoms with E-state index in [0.29, 0.717) is 22.8 Å². The number of hydrogen-bond acceptors (Lipinski definition) is 4. The van der Waals surface area contributed by atoms with Crippen LogP contribution >= 0.6 is 0 Å². The smallest absolute Gasteiger partial charge is 0.185 e. The Labute approximate surface area is 202 Å². The number of sulfone groups is 1. The Morgan fingerprint density at radius 2 is 1.38 bits per heavy atom. The molecule has 4 rings (SSSR count). The molecule has 1 aliphatic rings. The van der Waals surface area contributed by atoms with Crippen LogP contribution in [-0.4, -0.2) is 20.8 Å². The van der Waals surface area contributed by atoms with E-state index in [1.165, 1.54) is 11.1 Å². The van der Waals surface area contributed by atoms with Gasteiger partial charge in [0.2, 0.25) is 0 Å². The third-order valence-corrected chi connectivity index (χ3v) is 8.47. The maximum atomic E-state index is 12.9. The minimum atomic E-state index is -3.42. The lowest BCUT2D eigenvalue weighted by atomic mass is 9.78. The first-order valence-corrected chi connectivity index (χ1v) is 12.9. The summed E-state index contributed by atoms with van der Waals surface area (Å²) < 4.78 is 37.1. The monoisotopic (exact) mass is 474 g/mol. The van der Waals surface area contributed by atoms with Crippen LogP contribution in [0, 0.1) is 6.92 Å². The molecule has 5 heteroatoms. The van der Waals surface area contributed by atoms with Gasteiger partial charge in [-0.25, -0.2) is 8.42 Å². The van der Waals surface area contributed by atoms with Crippen LogP contribution < -0.4 is 9.47 Å². The lowest BCUT2D eigenvalue weighted by Gasteiger charge is -2.26. The largest absolute Gasteiger partial charge is 0.497 e. The zero-order valence-electron chi connectivity index (χ0n) is 20.0. The number of allylic oxidation sites excluding steroid dienone is 2. The van der Waals surface area contributed by atoms with Gasteiger partial charge in [0, 0.05) is 5.41 Å². The molecule has 0 saturated carbocycles. The maximum absolute atomic E-state index is 12.9. The molecule has 34 heavy (non-hydrogen) atoms. The Morgan fingerprint density at radius 1 is 0.824 bits per heavy atom. The highest BCUT2D eigenvalue weighted by Gasteiger charge is 2.27. The highest BCUT2D eigenvalue weighted by molar-refractivity contribution is 7.92. The molecule has 1 unspecified atom stereocenters. The van der Waals surface area contributed by atoms with Crippen molar-refractivity contribution in [3.8, 4) is 11.5 Å². The quantitative estimate of drug-likeness (QED) is 0.398. The number of rotatable bonds is 7. The Balaban J connectivity index is 1.42. The first-order chi connectivity index (χ1) is 16.2. The van der Waals surface area contributed by atoms with Crippen LogP contribution in [0.3, 0.4) is 0 Å². The van der Waals surface area contributed by atoms with Gasteiger partial charge in [-0.3, -0.25) is 0 Å². The van der Waals surface area contributed by atoms with E-state index >= 15 is 0 Å².